The summed E-state index contributed by atoms with van der Waals surface area (Å²) in [7, 11) is 0. The van der Waals surface area contributed by atoms with E-state index < -0.39 is 6.10 Å². The number of hydrogen-bond donors (Lipinski definition) is 2. The molecule has 0 saturated heterocycles. The van der Waals surface area contributed by atoms with Gasteiger partial charge in [-0.05, 0) is 24.1 Å². The maximum Gasteiger partial charge on any atom is 0.251 e. The first-order chi connectivity index (χ1) is 11.7. The number of amides is 1. The molecule has 2 aromatic heterocycles. The second-order valence-corrected chi connectivity index (χ2v) is 5.21. The summed E-state index contributed by atoms with van der Waals surface area (Å²) >= 11 is 0. The molecule has 0 aliphatic heterocycles. The molecule has 7 nitrogen and oxygen atoms in total. The largest absolute Gasteiger partial charge is 0.388 e. The molecule has 24 heavy (non-hydrogen) atoms. The minimum absolute atomic E-state index is 0.223. The van der Waals surface area contributed by atoms with E-state index in [1.165, 1.54) is 17.3 Å². The Kier molecular flexibility index (Phi) is 4.93. The van der Waals surface area contributed by atoms with Gasteiger partial charge in [-0.2, -0.15) is 5.10 Å². The average molecular weight is 323 g/mol. The molecule has 7 heteroatoms. The Morgan fingerprint density at radius 2 is 2.08 bits per heavy atom. The van der Waals surface area contributed by atoms with Crippen LogP contribution in [0.3, 0.4) is 0 Å². The molecule has 0 aliphatic rings. The molecular weight excluding hydrogens is 306 g/mol. The van der Waals surface area contributed by atoms with Crippen molar-refractivity contribution in [1.82, 2.24) is 25.1 Å². The lowest BCUT2D eigenvalue weighted by atomic mass is 10.1. The van der Waals surface area contributed by atoms with Crippen molar-refractivity contribution < 1.29 is 9.90 Å². The molecule has 122 valence electrons. The summed E-state index contributed by atoms with van der Waals surface area (Å²) in [6.45, 7) is 0.371. The standard InChI is InChI=1S/C17H17N5O2/c23-15(13-4-2-1-3-5-13)7-9-20-17(24)14-6-8-19-16(10-14)22-12-18-11-21-22/h1-6,8,10-12,15,23H,7,9H2,(H,20,24). The second kappa shape index (κ2) is 7.47. The van der Waals surface area contributed by atoms with Gasteiger partial charge >= 0.3 is 0 Å². The molecule has 1 atom stereocenters. The van der Waals surface area contributed by atoms with Crippen LogP contribution in [0.4, 0.5) is 0 Å². The van der Waals surface area contributed by atoms with Crippen molar-refractivity contribution in [2.75, 3.05) is 6.54 Å². The summed E-state index contributed by atoms with van der Waals surface area (Å²) in [6, 6.07) is 12.6. The monoisotopic (exact) mass is 323 g/mol. The number of carbonyl (C=O) groups excluding carboxylic acids is 1. The fraction of sp³-hybridized carbons (Fsp3) is 0.176. The van der Waals surface area contributed by atoms with Crippen LogP contribution in [0.5, 0.6) is 0 Å². The van der Waals surface area contributed by atoms with Gasteiger partial charge in [0.25, 0.3) is 5.91 Å². The van der Waals surface area contributed by atoms with Crippen molar-refractivity contribution in [2.24, 2.45) is 0 Å². The number of aromatic nitrogens is 4. The summed E-state index contributed by atoms with van der Waals surface area (Å²) in [6.07, 6.45) is 4.30. The van der Waals surface area contributed by atoms with Crippen LogP contribution >= 0.6 is 0 Å². The third kappa shape index (κ3) is 3.82. The van der Waals surface area contributed by atoms with Gasteiger partial charge < -0.3 is 10.4 Å². The lowest BCUT2D eigenvalue weighted by Crippen LogP contribution is -2.25. The molecular formula is C17H17N5O2. The number of aliphatic hydroxyl groups is 1. The summed E-state index contributed by atoms with van der Waals surface area (Å²) in [5, 5.41) is 16.9. The molecule has 1 aromatic carbocycles. The third-order valence-electron chi connectivity index (χ3n) is 3.55. The number of nitrogens with zero attached hydrogens (tertiary/aromatic N) is 4. The number of rotatable bonds is 6. The van der Waals surface area contributed by atoms with E-state index in [-0.39, 0.29) is 5.91 Å². The van der Waals surface area contributed by atoms with Crippen LogP contribution in [-0.4, -0.2) is 37.3 Å². The molecule has 1 amide bonds. The van der Waals surface area contributed by atoms with Crippen LogP contribution < -0.4 is 5.32 Å². The van der Waals surface area contributed by atoms with Gasteiger partial charge in [-0.1, -0.05) is 30.3 Å². The van der Waals surface area contributed by atoms with E-state index in [1.807, 2.05) is 30.3 Å². The number of hydrogen-bond acceptors (Lipinski definition) is 5. The number of nitrogens with one attached hydrogen (secondary N) is 1. The topological polar surface area (TPSA) is 92.9 Å². The average Bonchev–Trinajstić information content (AvgIpc) is 3.17. The molecule has 0 aliphatic carbocycles. The maximum atomic E-state index is 12.2. The molecule has 0 radical (unpaired) electrons. The highest BCUT2D eigenvalue weighted by Crippen LogP contribution is 2.15. The Bertz CT molecular complexity index is 790. The van der Waals surface area contributed by atoms with E-state index in [1.54, 1.807) is 18.3 Å². The SMILES string of the molecule is O=C(NCCC(O)c1ccccc1)c1ccnc(-n2cncn2)c1. The van der Waals surface area contributed by atoms with E-state index >= 15 is 0 Å². The Hall–Kier alpha value is -3.06. The second-order valence-electron chi connectivity index (χ2n) is 5.21. The van der Waals surface area contributed by atoms with E-state index in [4.69, 9.17) is 0 Å². The van der Waals surface area contributed by atoms with Gasteiger partial charge in [0.05, 0.1) is 6.10 Å². The fourth-order valence-electron chi connectivity index (χ4n) is 2.28. The summed E-state index contributed by atoms with van der Waals surface area (Å²) in [5.74, 6) is 0.295. The minimum atomic E-state index is -0.602. The zero-order chi connectivity index (χ0) is 16.8. The molecule has 0 saturated carbocycles. The fourth-order valence-corrected chi connectivity index (χ4v) is 2.28. The molecule has 2 N–H and O–H groups in total. The quantitative estimate of drug-likeness (QED) is 0.717. The highest BCUT2D eigenvalue weighted by Gasteiger charge is 2.10. The van der Waals surface area contributed by atoms with Crippen LogP contribution in [0, 0.1) is 0 Å². The maximum absolute atomic E-state index is 12.2. The van der Waals surface area contributed by atoms with Gasteiger partial charge in [-0.25, -0.2) is 14.6 Å². The smallest absolute Gasteiger partial charge is 0.251 e. The molecule has 1 unspecified atom stereocenters. The van der Waals surface area contributed by atoms with Crippen LogP contribution in [0.1, 0.15) is 28.4 Å². The normalized spacial score (nSPS) is 11.9. The predicted octanol–water partition coefficient (Wildman–Crippen LogP) is 1.52. The molecule has 0 bridgehead atoms. The predicted molar refractivity (Wildman–Crippen MR) is 87.5 cm³/mol. The van der Waals surface area contributed by atoms with Crippen molar-refractivity contribution in [2.45, 2.75) is 12.5 Å². The zero-order valence-electron chi connectivity index (χ0n) is 12.9. The Morgan fingerprint density at radius 1 is 1.25 bits per heavy atom. The lowest BCUT2D eigenvalue weighted by Gasteiger charge is -2.11. The summed E-state index contributed by atoms with van der Waals surface area (Å²) in [5.41, 5.74) is 1.31. The van der Waals surface area contributed by atoms with Crippen LogP contribution in [0.25, 0.3) is 5.82 Å². The first kappa shape index (κ1) is 15.8. The van der Waals surface area contributed by atoms with E-state index in [9.17, 15) is 9.90 Å². The van der Waals surface area contributed by atoms with Gasteiger partial charge in [-0.3, -0.25) is 4.79 Å². The van der Waals surface area contributed by atoms with Gasteiger partial charge in [0.15, 0.2) is 5.82 Å². The molecule has 0 spiro atoms. The van der Waals surface area contributed by atoms with Crippen LogP contribution in [0.2, 0.25) is 0 Å². The molecule has 3 rings (SSSR count). The van der Waals surface area contributed by atoms with Crippen LogP contribution in [0.15, 0.2) is 61.3 Å². The third-order valence-corrected chi connectivity index (χ3v) is 3.55. The van der Waals surface area contributed by atoms with Crippen LogP contribution in [-0.2, 0) is 0 Å². The lowest BCUT2D eigenvalue weighted by molar-refractivity contribution is 0.0942. The highest BCUT2D eigenvalue weighted by atomic mass is 16.3. The number of aliphatic hydroxyl groups excluding tert-OH is 1. The summed E-state index contributed by atoms with van der Waals surface area (Å²) < 4.78 is 1.48. The highest BCUT2D eigenvalue weighted by molar-refractivity contribution is 5.94. The minimum Gasteiger partial charge on any atom is -0.388 e. The van der Waals surface area contributed by atoms with Crippen molar-refractivity contribution in [3.63, 3.8) is 0 Å². The van der Waals surface area contributed by atoms with Gasteiger partial charge in [-0.15, -0.1) is 0 Å². The van der Waals surface area contributed by atoms with Crippen molar-refractivity contribution in [3.8, 4) is 5.82 Å². The van der Waals surface area contributed by atoms with E-state index in [0.29, 0.717) is 24.3 Å². The van der Waals surface area contributed by atoms with Gasteiger partial charge in [0.2, 0.25) is 0 Å². The van der Waals surface area contributed by atoms with Crippen molar-refractivity contribution in [3.05, 3.63) is 72.4 Å². The zero-order valence-corrected chi connectivity index (χ0v) is 12.9. The first-order valence-corrected chi connectivity index (χ1v) is 7.56. The number of carbonyl (C=O) groups is 1. The van der Waals surface area contributed by atoms with Crippen molar-refractivity contribution in [1.29, 1.82) is 0 Å². The first-order valence-electron chi connectivity index (χ1n) is 7.56. The Labute approximate surface area is 139 Å². The number of benzene rings is 1. The molecule has 2 heterocycles. The van der Waals surface area contributed by atoms with Gasteiger partial charge in [0, 0.05) is 18.3 Å². The van der Waals surface area contributed by atoms with Crippen molar-refractivity contribution >= 4 is 5.91 Å². The van der Waals surface area contributed by atoms with E-state index in [2.05, 4.69) is 20.4 Å². The summed E-state index contributed by atoms with van der Waals surface area (Å²) in [4.78, 5) is 20.2. The van der Waals surface area contributed by atoms with E-state index in [0.717, 1.165) is 5.56 Å². The molecule has 3 aromatic rings. The Morgan fingerprint density at radius 3 is 2.83 bits per heavy atom. The Balaban J connectivity index is 1.57. The number of pyridine rings is 1. The molecule has 0 fully saturated rings. The van der Waals surface area contributed by atoms with Gasteiger partial charge in [0.1, 0.15) is 12.7 Å².